The largest absolute Gasteiger partial charge is 0.464 e. The third-order valence-corrected chi connectivity index (χ3v) is 2.34. The highest BCUT2D eigenvalue weighted by Gasteiger charge is 2.29. The molecule has 17 heavy (non-hydrogen) atoms. The van der Waals surface area contributed by atoms with Crippen LogP contribution in [0.1, 0.15) is 24.1 Å². The van der Waals surface area contributed by atoms with Crippen LogP contribution in [-0.4, -0.2) is 18.7 Å². The molecule has 1 unspecified atom stereocenters. The van der Waals surface area contributed by atoms with E-state index in [0.717, 1.165) is 5.56 Å². The number of carbonyl (C=O) groups is 1. The average molecular weight is 243 g/mol. The number of benzene rings is 1. The number of ether oxygens (including phenoxy) is 1. The number of hydrogen-bond donors (Lipinski definition) is 1. The summed E-state index contributed by atoms with van der Waals surface area (Å²) in [5.41, 5.74) is 6.24. The third kappa shape index (κ3) is 3.23. The zero-order chi connectivity index (χ0) is 13.0. The van der Waals surface area contributed by atoms with Gasteiger partial charge in [0, 0.05) is 5.56 Å². The van der Waals surface area contributed by atoms with Gasteiger partial charge >= 0.3 is 5.97 Å². The molecular weight excluding hydrogens is 228 g/mol. The SMILES string of the molecule is CCOC(=O)C(F)[C@@H](N)c1cc(C)ccc1F. The number of carbonyl (C=O) groups excluding carboxylic acids is 1. The lowest BCUT2D eigenvalue weighted by molar-refractivity contribution is -0.149. The van der Waals surface area contributed by atoms with Crippen molar-refractivity contribution < 1.29 is 18.3 Å². The van der Waals surface area contributed by atoms with Crippen LogP contribution in [-0.2, 0) is 9.53 Å². The average Bonchev–Trinajstić information content (AvgIpc) is 2.30. The lowest BCUT2D eigenvalue weighted by Crippen LogP contribution is -2.32. The van der Waals surface area contributed by atoms with Crippen molar-refractivity contribution in [1.82, 2.24) is 0 Å². The Bertz CT molecular complexity index is 409. The van der Waals surface area contributed by atoms with Crippen LogP contribution in [0.25, 0.3) is 0 Å². The van der Waals surface area contributed by atoms with Gasteiger partial charge in [-0.1, -0.05) is 17.7 Å². The van der Waals surface area contributed by atoms with Crippen LogP contribution in [0, 0.1) is 12.7 Å². The van der Waals surface area contributed by atoms with Crippen molar-refractivity contribution in [2.24, 2.45) is 5.73 Å². The number of nitrogens with two attached hydrogens (primary N) is 1. The maximum atomic E-state index is 13.6. The Kier molecular flexibility index (Phi) is 4.57. The zero-order valence-corrected chi connectivity index (χ0v) is 9.74. The molecule has 2 atom stereocenters. The number of alkyl halides is 1. The van der Waals surface area contributed by atoms with E-state index < -0.39 is 24.0 Å². The fraction of sp³-hybridized carbons (Fsp3) is 0.417. The maximum absolute atomic E-state index is 13.6. The van der Waals surface area contributed by atoms with Crippen LogP contribution in [0.5, 0.6) is 0 Å². The molecule has 94 valence electrons. The van der Waals surface area contributed by atoms with E-state index in [1.807, 2.05) is 0 Å². The summed E-state index contributed by atoms with van der Waals surface area (Å²) in [5.74, 6) is -1.70. The number of esters is 1. The first-order chi connectivity index (χ1) is 7.97. The normalized spacial score (nSPS) is 14.2. The highest BCUT2D eigenvalue weighted by atomic mass is 19.1. The molecule has 1 aromatic rings. The summed E-state index contributed by atoms with van der Waals surface area (Å²) < 4.78 is 31.5. The van der Waals surface area contributed by atoms with E-state index in [-0.39, 0.29) is 12.2 Å². The molecule has 0 fully saturated rings. The van der Waals surface area contributed by atoms with E-state index in [9.17, 15) is 13.6 Å². The van der Waals surface area contributed by atoms with Gasteiger partial charge in [0.15, 0.2) is 0 Å². The van der Waals surface area contributed by atoms with Gasteiger partial charge in [-0.2, -0.15) is 0 Å². The van der Waals surface area contributed by atoms with E-state index in [2.05, 4.69) is 4.74 Å². The molecule has 2 N–H and O–H groups in total. The Hall–Kier alpha value is -1.49. The van der Waals surface area contributed by atoms with Crippen molar-refractivity contribution in [2.45, 2.75) is 26.1 Å². The topological polar surface area (TPSA) is 52.3 Å². The van der Waals surface area contributed by atoms with Gasteiger partial charge < -0.3 is 10.5 Å². The van der Waals surface area contributed by atoms with Crippen LogP contribution in [0.15, 0.2) is 18.2 Å². The van der Waals surface area contributed by atoms with Crippen LogP contribution in [0.3, 0.4) is 0 Å². The molecule has 0 spiro atoms. The van der Waals surface area contributed by atoms with E-state index in [1.165, 1.54) is 12.1 Å². The van der Waals surface area contributed by atoms with Gasteiger partial charge in [0.05, 0.1) is 12.6 Å². The van der Waals surface area contributed by atoms with Gasteiger partial charge in [-0.15, -0.1) is 0 Å². The lowest BCUT2D eigenvalue weighted by atomic mass is 10.0. The molecule has 0 amide bonds. The predicted molar refractivity (Wildman–Crippen MR) is 59.6 cm³/mol. The van der Waals surface area contributed by atoms with E-state index in [1.54, 1.807) is 19.9 Å². The summed E-state index contributed by atoms with van der Waals surface area (Å²) in [4.78, 5) is 11.2. The quantitative estimate of drug-likeness (QED) is 0.823. The van der Waals surface area contributed by atoms with E-state index >= 15 is 0 Å². The molecule has 1 rings (SSSR count). The van der Waals surface area contributed by atoms with Gasteiger partial charge in [-0.05, 0) is 19.9 Å². The number of rotatable bonds is 4. The van der Waals surface area contributed by atoms with Crippen molar-refractivity contribution in [2.75, 3.05) is 6.61 Å². The fourth-order valence-corrected chi connectivity index (χ4v) is 1.44. The molecular formula is C12H15F2NO2. The second-order valence-corrected chi connectivity index (χ2v) is 3.70. The van der Waals surface area contributed by atoms with Gasteiger partial charge in [0.25, 0.3) is 0 Å². The number of halogens is 2. The molecule has 0 saturated carbocycles. The first kappa shape index (κ1) is 13.6. The van der Waals surface area contributed by atoms with Crippen molar-refractivity contribution >= 4 is 5.97 Å². The Morgan fingerprint density at radius 2 is 2.18 bits per heavy atom. The van der Waals surface area contributed by atoms with Crippen LogP contribution in [0.4, 0.5) is 8.78 Å². The zero-order valence-electron chi connectivity index (χ0n) is 9.74. The summed E-state index contributed by atoms with van der Waals surface area (Å²) in [7, 11) is 0. The van der Waals surface area contributed by atoms with Crippen molar-refractivity contribution in [3.63, 3.8) is 0 Å². The van der Waals surface area contributed by atoms with Crippen molar-refractivity contribution in [3.05, 3.63) is 35.1 Å². The third-order valence-electron chi connectivity index (χ3n) is 2.34. The van der Waals surface area contributed by atoms with Gasteiger partial charge in [0.2, 0.25) is 6.17 Å². The molecule has 0 saturated heterocycles. The Morgan fingerprint density at radius 3 is 2.76 bits per heavy atom. The highest BCUT2D eigenvalue weighted by molar-refractivity contribution is 5.75. The number of aryl methyl sites for hydroxylation is 1. The molecule has 3 nitrogen and oxygen atoms in total. The molecule has 0 aliphatic carbocycles. The molecule has 1 aromatic carbocycles. The highest BCUT2D eigenvalue weighted by Crippen LogP contribution is 2.22. The summed E-state index contributed by atoms with van der Waals surface area (Å²) in [6.45, 7) is 3.35. The minimum absolute atomic E-state index is 0.0226. The molecule has 0 heterocycles. The van der Waals surface area contributed by atoms with Crippen molar-refractivity contribution in [3.8, 4) is 0 Å². The Labute approximate surface area is 98.6 Å². The standard InChI is InChI=1S/C12H15F2NO2/c1-3-17-12(16)10(14)11(15)8-6-7(2)4-5-9(8)13/h4-6,10-11H,3,15H2,1-2H3/t10?,11-/m0/s1. The van der Waals surface area contributed by atoms with Crippen LogP contribution in [0.2, 0.25) is 0 Å². The minimum atomic E-state index is -2.06. The Morgan fingerprint density at radius 1 is 1.53 bits per heavy atom. The lowest BCUT2D eigenvalue weighted by Gasteiger charge is -2.16. The Balaban J connectivity index is 2.91. The smallest absolute Gasteiger partial charge is 0.342 e. The second kappa shape index (κ2) is 5.72. The van der Waals surface area contributed by atoms with Crippen molar-refractivity contribution in [1.29, 1.82) is 0 Å². The molecule has 0 aliphatic heterocycles. The van der Waals surface area contributed by atoms with E-state index in [0.29, 0.717) is 0 Å². The molecule has 0 aromatic heterocycles. The van der Waals surface area contributed by atoms with Gasteiger partial charge in [0.1, 0.15) is 5.82 Å². The summed E-state index contributed by atoms with van der Waals surface area (Å²) in [6.07, 6.45) is -2.06. The molecule has 5 heteroatoms. The summed E-state index contributed by atoms with van der Waals surface area (Å²) >= 11 is 0. The van der Waals surface area contributed by atoms with Crippen LogP contribution >= 0.6 is 0 Å². The molecule has 0 radical (unpaired) electrons. The number of hydrogen-bond acceptors (Lipinski definition) is 3. The van der Waals surface area contributed by atoms with E-state index in [4.69, 9.17) is 5.73 Å². The summed E-state index contributed by atoms with van der Waals surface area (Å²) in [5, 5.41) is 0. The minimum Gasteiger partial charge on any atom is -0.464 e. The van der Waals surface area contributed by atoms with Gasteiger partial charge in [-0.25, -0.2) is 13.6 Å². The second-order valence-electron chi connectivity index (χ2n) is 3.70. The van der Waals surface area contributed by atoms with Crippen LogP contribution < -0.4 is 5.73 Å². The predicted octanol–water partition coefficient (Wildman–Crippen LogP) is 2.04. The molecule has 0 aliphatic rings. The van der Waals surface area contributed by atoms with Gasteiger partial charge in [-0.3, -0.25) is 0 Å². The monoisotopic (exact) mass is 243 g/mol. The summed E-state index contributed by atoms with van der Waals surface area (Å²) in [6, 6.07) is 2.81. The molecule has 0 bridgehead atoms. The maximum Gasteiger partial charge on any atom is 0.342 e. The first-order valence-corrected chi connectivity index (χ1v) is 5.29. The first-order valence-electron chi connectivity index (χ1n) is 5.29. The fourth-order valence-electron chi connectivity index (χ4n) is 1.44.